The fourth-order valence-electron chi connectivity index (χ4n) is 1.38. The molecule has 0 heterocycles. The van der Waals surface area contributed by atoms with E-state index >= 15 is 0 Å². The monoisotopic (exact) mass is 245 g/mol. The van der Waals surface area contributed by atoms with Gasteiger partial charge in [0.1, 0.15) is 13.1 Å². The number of methoxy groups -OCH3 is 1. The Balaban J connectivity index is 2.99. The summed E-state index contributed by atoms with van der Waals surface area (Å²) in [6, 6.07) is 7.76. The van der Waals surface area contributed by atoms with Crippen LogP contribution in [0.15, 0.2) is 18.2 Å². The van der Waals surface area contributed by atoms with Crippen LogP contribution in [-0.4, -0.2) is 36.1 Å². The highest BCUT2D eigenvalue weighted by Gasteiger charge is 2.16. The second-order valence-electron chi connectivity index (χ2n) is 3.36. The lowest BCUT2D eigenvalue weighted by molar-refractivity contribution is 0.0794. The Hall–Kier alpha value is -2.73. The normalized spacial score (nSPS) is 9.06. The van der Waals surface area contributed by atoms with E-state index in [1.54, 1.807) is 0 Å². The third-order valence-electron chi connectivity index (χ3n) is 2.24. The topological polar surface area (TPSA) is 97.4 Å². The summed E-state index contributed by atoms with van der Waals surface area (Å²) < 4.78 is 4.86. The Bertz CT molecular complexity index is 512. The second-order valence-corrected chi connectivity index (χ2v) is 3.36. The lowest BCUT2D eigenvalue weighted by Gasteiger charge is -2.16. The van der Waals surface area contributed by atoms with Crippen molar-refractivity contribution in [2.45, 2.75) is 0 Å². The maximum Gasteiger partial charge on any atom is 0.255 e. The molecule has 92 valence electrons. The zero-order valence-electron chi connectivity index (χ0n) is 9.75. The first-order valence-electron chi connectivity index (χ1n) is 5.04. The molecule has 0 aromatic heterocycles. The largest absolute Gasteiger partial charge is 0.504 e. The standard InChI is InChI=1S/C12H11N3O3/c1-18-11-3-2-9(8-10(11)16)12(17)15(6-4-13)7-5-14/h2-3,8,16H,6-7H2,1H3. The summed E-state index contributed by atoms with van der Waals surface area (Å²) in [4.78, 5) is 13.0. The van der Waals surface area contributed by atoms with E-state index < -0.39 is 5.91 Å². The van der Waals surface area contributed by atoms with Crippen LogP contribution < -0.4 is 4.74 Å². The Kier molecular flexibility index (Phi) is 4.53. The Morgan fingerprint density at radius 2 is 2.00 bits per heavy atom. The molecule has 0 unspecified atom stereocenters. The third kappa shape index (κ3) is 2.89. The number of hydrogen-bond acceptors (Lipinski definition) is 5. The van der Waals surface area contributed by atoms with Gasteiger partial charge in [-0.3, -0.25) is 4.79 Å². The SMILES string of the molecule is COc1ccc(C(=O)N(CC#N)CC#N)cc1O. The van der Waals surface area contributed by atoms with E-state index in [1.807, 2.05) is 12.1 Å². The number of nitriles is 2. The summed E-state index contributed by atoms with van der Waals surface area (Å²) >= 11 is 0. The van der Waals surface area contributed by atoms with Crippen molar-refractivity contribution in [1.82, 2.24) is 4.90 Å². The van der Waals surface area contributed by atoms with Crippen LogP contribution in [0.2, 0.25) is 0 Å². The molecule has 1 aromatic carbocycles. The molecule has 0 saturated carbocycles. The fraction of sp³-hybridized carbons (Fsp3) is 0.250. The molecule has 0 aliphatic carbocycles. The van der Waals surface area contributed by atoms with Crippen molar-refractivity contribution in [2.75, 3.05) is 20.2 Å². The van der Waals surface area contributed by atoms with Crippen molar-refractivity contribution >= 4 is 5.91 Å². The van der Waals surface area contributed by atoms with Crippen molar-refractivity contribution in [2.24, 2.45) is 0 Å². The number of phenols is 1. The molecule has 6 nitrogen and oxygen atoms in total. The molecule has 0 atom stereocenters. The molecule has 0 saturated heterocycles. The van der Waals surface area contributed by atoms with Crippen LogP contribution in [0, 0.1) is 22.7 Å². The zero-order chi connectivity index (χ0) is 13.5. The van der Waals surface area contributed by atoms with Crippen LogP contribution in [0.1, 0.15) is 10.4 Å². The van der Waals surface area contributed by atoms with E-state index in [-0.39, 0.29) is 30.2 Å². The predicted octanol–water partition coefficient (Wildman–Crippen LogP) is 0.890. The average Bonchev–Trinajstić information content (AvgIpc) is 2.37. The second kappa shape index (κ2) is 6.12. The van der Waals surface area contributed by atoms with E-state index in [0.717, 1.165) is 4.90 Å². The summed E-state index contributed by atoms with van der Waals surface area (Å²) in [6.45, 7) is -0.363. The van der Waals surface area contributed by atoms with Crippen molar-refractivity contribution in [3.8, 4) is 23.6 Å². The highest BCUT2D eigenvalue weighted by atomic mass is 16.5. The van der Waals surface area contributed by atoms with Crippen LogP contribution in [-0.2, 0) is 0 Å². The summed E-state index contributed by atoms with van der Waals surface area (Å²) in [5.41, 5.74) is 0.193. The van der Waals surface area contributed by atoms with E-state index in [1.165, 1.54) is 25.3 Å². The highest BCUT2D eigenvalue weighted by molar-refractivity contribution is 5.95. The maximum atomic E-state index is 11.9. The van der Waals surface area contributed by atoms with E-state index in [0.29, 0.717) is 0 Å². The van der Waals surface area contributed by atoms with Crippen molar-refractivity contribution < 1.29 is 14.6 Å². The average molecular weight is 245 g/mol. The molecule has 18 heavy (non-hydrogen) atoms. The lowest BCUT2D eigenvalue weighted by Crippen LogP contribution is -2.31. The molecule has 0 bridgehead atoms. The molecule has 0 aliphatic heterocycles. The third-order valence-corrected chi connectivity index (χ3v) is 2.24. The molecule has 1 aromatic rings. The quantitative estimate of drug-likeness (QED) is 0.794. The van der Waals surface area contributed by atoms with Gasteiger partial charge in [0.05, 0.1) is 19.2 Å². The zero-order valence-corrected chi connectivity index (χ0v) is 9.75. The van der Waals surface area contributed by atoms with Gasteiger partial charge in [0.25, 0.3) is 5.91 Å². The first-order valence-corrected chi connectivity index (χ1v) is 5.04. The summed E-state index contributed by atoms with van der Waals surface area (Å²) in [5.74, 6) is -0.410. The number of ether oxygens (including phenoxy) is 1. The van der Waals surface area contributed by atoms with Gasteiger partial charge in [0, 0.05) is 5.56 Å². The Morgan fingerprint density at radius 1 is 1.39 bits per heavy atom. The number of carbonyl (C=O) groups is 1. The molecule has 0 radical (unpaired) electrons. The van der Waals surface area contributed by atoms with E-state index in [2.05, 4.69) is 0 Å². The van der Waals surface area contributed by atoms with Gasteiger partial charge in [-0.1, -0.05) is 0 Å². The predicted molar refractivity (Wildman–Crippen MR) is 61.8 cm³/mol. The van der Waals surface area contributed by atoms with Crippen molar-refractivity contribution in [3.63, 3.8) is 0 Å². The molecule has 0 spiro atoms. The first kappa shape index (κ1) is 13.3. The molecule has 0 fully saturated rings. The van der Waals surface area contributed by atoms with Crippen LogP contribution in [0.5, 0.6) is 11.5 Å². The molecule has 1 rings (SSSR count). The van der Waals surface area contributed by atoms with Gasteiger partial charge in [-0.2, -0.15) is 10.5 Å². The Labute approximate surface area is 104 Å². The molecule has 6 heteroatoms. The Morgan fingerprint density at radius 3 is 2.44 bits per heavy atom. The van der Waals surface area contributed by atoms with Crippen LogP contribution in [0.3, 0.4) is 0 Å². The first-order chi connectivity index (χ1) is 8.63. The number of amides is 1. The summed E-state index contributed by atoms with van der Waals surface area (Å²) in [5, 5.41) is 26.7. The van der Waals surface area contributed by atoms with Crippen LogP contribution in [0.25, 0.3) is 0 Å². The number of nitrogens with zero attached hydrogens (tertiary/aromatic N) is 3. The molecule has 1 N–H and O–H groups in total. The number of benzene rings is 1. The van der Waals surface area contributed by atoms with Gasteiger partial charge in [0.15, 0.2) is 11.5 Å². The van der Waals surface area contributed by atoms with Crippen molar-refractivity contribution in [3.05, 3.63) is 23.8 Å². The molecular formula is C12H11N3O3. The number of rotatable bonds is 4. The van der Waals surface area contributed by atoms with Gasteiger partial charge in [-0.15, -0.1) is 0 Å². The fourth-order valence-corrected chi connectivity index (χ4v) is 1.38. The molecular weight excluding hydrogens is 234 g/mol. The van der Waals surface area contributed by atoms with Gasteiger partial charge >= 0.3 is 0 Å². The minimum atomic E-state index is -0.490. The van der Waals surface area contributed by atoms with Gasteiger partial charge in [0.2, 0.25) is 0 Å². The molecule has 1 amide bonds. The minimum absolute atomic E-state index is 0.169. The van der Waals surface area contributed by atoms with E-state index in [4.69, 9.17) is 15.3 Å². The number of hydrogen-bond donors (Lipinski definition) is 1. The van der Waals surface area contributed by atoms with Gasteiger partial charge in [-0.25, -0.2) is 0 Å². The summed E-state index contributed by atoms with van der Waals surface area (Å²) in [7, 11) is 1.40. The maximum absolute atomic E-state index is 11.9. The van der Waals surface area contributed by atoms with Crippen LogP contribution >= 0.6 is 0 Å². The van der Waals surface area contributed by atoms with Gasteiger partial charge in [-0.05, 0) is 18.2 Å². The van der Waals surface area contributed by atoms with Crippen molar-refractivity contribution in [1.29, 1.82) is 10.5 Å². The summed E-state index contributed by atoms with van der Waals surface area (Å²) in [6.07, 6.45) is 0. The number of aromatic hydroxyl groups is 1. The smallest absolute Gasteiger partial charge is 0.255 e. The van der Waals surface area contributed by atoms with Crippen LogP contribution in [0.4, 0.5) is 0 Å². The molecule has 0 aliphatic rings. The van der Waals surface area contributed by atoms with Gasteiger partial charge < -0.3 is 14.7 Å². The number of phenolic OH excluding ortho intramolecular Hbond substituents is 1. The van der Waals surface area contributed by atoms with E-state index in [9.17, 15) is 9.90 Å². The lowest BCUT2D eigenvalue weighted by atomic mass is 10.1. The highest BCUT2D eigenvalue weighted by Crippen LogP contribution is 2.26. The minimum Gasteiger partial charge on any atom is -0.504 e. The number of carbonyl (C=O) groups excluding carboxylic acids is 1.